The van der Waals surface area contributed by atoms with Crippen LogP contribution in [0.25, 0.3) is 0 Å². The summed E-state index contributed by atoms with van der Waals surface area (Å²) >= 11 is 0. The molecule has 0 saturated carbocycles. The molecule has 19 heavy (non-hydrogen) atoms. The van der Waals surface area contributed by atoms with Crippen LogP contribution in [0.2, 0.25) is 0 Å². The van der Waals surface area contributed by atoms with Crippen LogP contribution in [-0.2, 0) is 0 Å². The number of unbranched alkanes of at least 4 members (excludes halogenated alkanes) is 1. The maximum absolute atomic E-state index is 2.47. The van der Waals surface area contributed by atoms with Crippen molar-refractivity contribution in [2.75, 3.05) is 0 Å². The summed E-state index contributed by atoms with van der Waals surface area (Å²) in [6.45, 7) is 10.3. The Morgan fingerprint density at radius 2 is 1.84 bits per heavy atom. The molecule has 2 aliphatic rings. The molecule has 0 aromatic carbocycles. The third-order valence-corrected chi connectivity index (χ3v) is 3.77. The van der Waals surface area contributed by atoms with E-state index in [1.54, 1.807) is 5.57 Å². The van der Waals surface area contributed by atoms with Crippen LogP contribution in [0.4, 0.5) is 0 Å². The van der Waals surface area contributed by atoms with Crippen LogP contribution < -0.4 is 0 Å². The normalized spacial score (nSPS) is 23.5. The van der Waals surface area contributed by atoms with Crippen LogP contribution in [0.15, 0.2) is 23.8 Å². The average molecular weight is 488 g/mol. The van der Waals surface area contributed by atoms with E-state index in [9.17, 15) is 0 Å². The zero-order valence-corrected chi connectivity index (χ0v) is 18.0. The molecular formula is C18H34U. The Labute approximate surface area is 145 Å². The van der Waals surface area contributed by atoms with E-state index >= 15 is 0 Å². The second-order valence-electron chi connectivity index (χ2n) is 4.78. The molecule has 0 spiro atoms. The predicted molar refractivity (Wildman–Crippen MR) is 84.9 cm³/mol. The molecule has 0 fully saturated rings. The van der Waals surface area contributed by atoms with Gasteiger partial charge < -0.3 is 0 Å². The van der Waals surface area contributed by atoms with Crippen molar-refractivity contribution >= 4 is 0 Å². The van der Waals surface area contributed by atoms with Gasteiger partial charge in [-0.05, 0) is 49.5 Å². The zero-order chi connectivity index (χ0) is 13.8. The van der Waals surface area contributed by atoms with Crippen molar-refractivity contribution < 1.29 is 31.1 Å². The van der Waals surface area contributed by atoms with Crippen molar-refractivity contribution in [3.05, 3.63) is 23.8 Å². The molecule has 0 bridgehead atoms. The van der Waals surface area contributed by atoms with E-state index in [-0.39, 0.29) is 31.1 Å². The molecule has 1 heteroatoms. The van der Waals surface area contributed by atoms with Crippen molar-refractivity contribution in [2.24, 2.45) is 11.8 Å². The number of fused-ring (bicyclic) bond motifs is 1. The van der Waals surface area contributed by atoms with Gasteiger partial charge in [0.1, 0.15) is 0 Å². The van der Waals surface area contributed by atoms with Gasteiger partial charge in [-0.15, -0.1) is 0 Å². The standard InChI is InChI=1S/C14H22.2C2H6.U/c1-2-3-7-12-9-6-10-13-8-4-5-11-14(12)13;2*1-2;/h6,8,10,12,14H,2-5,7,9,11H2,1H3;2*1-2H3;. The summed E-state index contributed by atoms with van der Waals surface area (Å²) in [5.74, 6) is 1.88. The fraction of sp³-hybridized carbons (Fsp3) is 0.778. The number of hydrogen-bond donors (Lipinski definition) is 0. The summed E-state index contributed by atoms with van der Waals surface area (Å²) in [6, 6.07) is 0. The Bertz CT molecular complexity index is 240. The largest absolute Gasteiger partial charge is 0.0840 e. The maximum Gasteiger partial charge on any atom is 0 e. The number of rotatable bonds is 3. The summed E-state index contributed by atoms with van der Waals surface area (Å²) in [6.07, 6.45) is 17.0. The fourth-order valence-corrected chi connectivity index (χ4v) is 2.95. The van der Waals surface area contributed by atoms with Crippen molar-refractivity contribution in [3.63, 3.8) is 0 Å². The van der Waals surface area contributed by atoms with E-state index in [1.807, 2.05) is 27.7 Å². The van der Waals surface area contributed by atoms with Crippen LogP contribution in [0.1, 0.15) is 79.6 Å². The average Bonchev–Trinajstić information content (AvgIpc) is 2.49. The fourth-order valence-electron chi connectivity index (χ4n) is 2.95. The quantitative estimate of drug-likeness (QED) is 0.424. The first kappa shape index (κ1) is 21.8. The minimum Gasteiger partial charge on any atom is -0.0840 e. The van der Waals surface area contributed by atoms with Crippen LogP contribution in [0.5, 0.6) is 0 Å². The number of allylic oxidation sites excluding steroid dienone is 4. The first-order chi connectivity index (χ1) is 8.92. The molecule has 0 amide bonds. The third-order valence-electron chi connectivity index (χ3n) is 3.77. The monoisotopic (exact) mass is 488 g/mol. The predicted octanol–water partition coefficient (Wildman–Crippen LogP) is 6.53. The van der Waals surface area contributed by atoms with Crippen LogP contribution in [-0.4, -0.2) is 0 Å². The maximum atomic E-state index is 2.47. The second kappa shape index (κ2) is 14.9. The summed E-state index contributed by atoms with van der Waals surface area (Å²) < 4.78 is 0. The van der Waals surface area contributed by atoms with E-state index < -0.39 is 0 Å². The minimum atomic E-state index is 0. The molecule has 0 radical (unpaired) electrons. The van der Waals surface area contributed by atoms with E-state index in [2.05, 4.69) is 25.2 Å². The Morgan fingerprint density at radius 1 is 1.16 bits per heavy atom. The van der Waals surface area contributed by atoms with Gasteiger partial charge in [0.05, 0.1) is 0 Å². The van der Waals surface area contributed by atoms with Crippen molar-refractivity contribution in [1.82, 2.24) is 0 Å². The van der Waals surface area contributed by atoms with Gasteiger partial charge in [0.2, 0.25) is 0 Å². The Hall–Kier alpha value is 0.532. The molecule has 0 N–H and O–H groups in total. The van der Waals surface area contributed by atoms with Gasteiger partial charge in [0, 0.05) is 31.1 Å². The van der Waals surface area contributed by atoms with Crippen molar-refractivity contribution in [3.8, 4) is 0 Å². The van der Waals surface area contributed by atoms with E-state index in [4.69, 9.17) is 0 Å². The molecule has 0 aromatic rings. The number of hydrogen-bond acceptors (Lipinski definition) is 0. The summed E-state index contributed by atoms with van der Waals surface area (Å²) in [5.41, 5.74) is 1.66. The van der Waals surface area contributed by atoms with Gasteiger partial charge in [-0.1, -0.05) is 65.7 Å². The van der Waals surface area contributed by atoms with Gasteiger partial charge in [-0.25, -0.2) is 0 Å². The molecule has 0 heterocycles. The minimum absolute atomic E-state index is 0. The van der Waals surface area contributed by atoms with Crippen LogP contribution in [0.3, 0.4) is 0 Å². The van der Waals surface area contributed by atoms with E-state index in [0.717, 1.165) is 11.8 Å². The molecular weight excluding hydrogens is 454 g/mol. The van der Waals surface area contributed by atoms with Crippen molar-refractivity contribution in [2.45, 2.75) is 79.6 Å². The first-order valence-electron chi connectivity index (χ1n) is 8.28. The summed E-state index contributed by atoms with van der Waals surface area (Å²) in [7, 11) is 0. The van der Waals surface area contributed by atoms with E-state index in [1.165, 1.54) is 44.9 Å². The molecule has 2 unspecified atom stereocenters. The van der Waals surface area contributed by atoms with Gasteiger partial charge in [0.25, 0.3) is 0 Å². The van der Waals surface area contributed by atoms with Crippen LogP contribution >= 0.6 is 0 Å². The van der Waals surface area contributed by atoms with Gasteiger partial charge in [-0.2, -0.15) is 0 Å². The molecule has 0 aliphatic heterocycles. The molecule has 0 saturated heterocycles. The Kier molecular flexibility index (Phi) is 17.1. The zero-order valence-electron chi connectivity index (χ0n) is 13.8. The van der Waals surface area contributed by atoms with Crippen LogP contribution in [0, 0.1) is 42.9 Å². The Balaban J connectivity index is 0. The second-order valence-corrected chi connectivity index (χ2v) is 4.78. The molecule has 2 aliphatic carbocycles. The molecule has 2 rings (SSSR count). The molecule has 110 valence electrons. The molecule has 0 aromatic heterocycles. The van der Waals surface area contributed by atoms with E-state index in [0.29, 0.717) is 0 Å². The van der Waals surface area contributed by atoms with Gasteiger partial charge in [-0.3, -0.25) is 0 Å². The molecule has 2 atom stereocenters. The Morgan fingerprint density at radius 3 is 2.47 bits per heavy atom. The topological polar surface area (TPSA) is 0 Å². The summed E-state index contributed by atoms with van der Waals surface area (Å²) in [4.78, 5) is 0. The van der Waals surface area contributed by atoms with Crippen molar-refractivity contribution in [1.29, 1.82) is 0 Å². The van der Waals surface area contributed by atoms with Gasteiger partial charge >= 0.3 is 0 Å². The molecule has 0 nitrogen and oxygen atoms in total. The smallest absolute Gasteiger partial charge is 0 e. The first-order valence-corrected chi connectivity index (χ1v) is 8.28. The van der Waals surface area contributed by atoms with Gasteiger partial charge in [0.15, 0.2) is 0 Å². The third kappa shape index (κ3) is 7.77. The SMILES string of the molecule is CC.CC.CCCCC1CC=CC2=CCCCC21.[U]. The summed E-state index contributed by atoms with van der Waals surface area (Å²) in [5, 5.41) is 0.